The number of unbranched alkanes of at least 4 members (excludes halogenated alkanes) is 4. The van der Waals surface area contributed by atoms with Crippen LogP contribution >= 0.6 is 0 Å². The normalized spacial score (nSPS) is 12.5. The van der Waals surface area contributed by atoms with E-state index in [0.29, 0.717) is 6.42 Å². The summed E-state index contributed by atoms with van der Waals surface area (Å²) in [6.07, 6.45) is 7.20. The maximum absolute atomic E-state index is 11.4. The van der Waals surface area contributed by atoms with Gasteiger partial charge >= 0.3 is 0 Å². The molecule has 0 fully saturated rings. The van der Waals surface area contributed by atoms with Crippen LogP contribution in [-0.2, 0) is 4.79 Å². The van der Waals surface area contributed by atoms with Gasteiger partial charge in [0.25, 0.3) is 0 Å². The number of carbonyl (C=O) groups excluding carboxylic acids is 1. The number of hydrogen-bond acceptors (Lipinski definition) is 2. The highest BCUT2D eigenvalue weighted by atomic mass is 16.3. The number of rotatable bonds is 9. The second kappa shape index (κ2) is 9.97. The van der Waals surface area contributed by atoms with Crippen molar-refractivity contribution in [3.8, 4) is 0 Å². The largest absolute Gasteiger partial charge is 0.394 e. The molecule has 0 unspecified atom stereocenters. The molecule has 15 heavy (non-hydrogen) atoms. The van der Waals surface area contributed by atoms with Crippen LogP contribution in [0.15, 0.2) is 0 Å². The van der Waals surface area contributed by atoms with Crippen LogP contribution in [0.3, 0.4) is 0 Å². The van der Waals surface area contributed by atoms with E-state index in [2.05, 4.69) is 12.2 Å². The molecule has 0 heterocycles. The molecule has 0 aromatic heterocycles. The average Bonchev–Trinajstić information content (AvgIpc) is 2.25. The third-order valence-electron chi connectivity index (χ3n) is 2.59. The molecule has 0 bridgehead atoms. The number of nitrogens with one attached hydrogen (secondary N) is 1. The Labute approximate surface area is 93.3 Å². The summed E-state index contributed by atoms with van der Waals surface area (Å²) >= 11 is 0. The van der Waals surface area contributed by atoms with Crippen LogP contribution in [0.5, 0.6) is 0 Å². The summed E-state index contributed by atoms with van der Waals surface area (Å²) in [7, 11) is 0. The van der Waals surface area contributed by atoms with Crippen LogP contribution in [0.4, 0.5) is 0 Å². The van der Waals surface area contributed by atoms with Crippen molar-refractivity contribution in [3.05, 3.63) is 0 Å². The van der Waals surface area contributed by atoms with Gasteiger partial charge in [0.15, 0.2) is 0 Å². The van der Waals surface area contributed by atoms with Crippen molar-refractivity contribution >= 4 is 5.91 Å². The van der Waals surface area contributed by atoms with Crippen LogP contribution in [0.25, 0.3) is 0 Å². The number of amides is 1. The smallest absolute Gasteiger partial charge is 0.220 e. The fourth-order valence-electron chi connectivity index (χ4n) is 1.47. The van der Waals surface area contributed by atoms with Gasteiger partial charge in [0.2, 0.25) is 5.91 Å². The molecule has 0 aromatic rings. The summed E-state index contributed by atoms with van der Waals surface area (Å²) in [5, 5.41) is 11.7. The summed E-state index contributed by atoms with van der Waals surface area (Å²) in [6.45, 7) is 4.18. The van der Waals surface area contributed by atoms with E-state index >= 15 is 0 Å². The van der Waals surface area contributed by atoms with Gasteiger partial charge in [0.1, 0.15) is 0 Å². The second-order valence-corrected chi connectivity index (χ2v) is 4.02. The van der Waals surface area contributed by atoms with E-state index in [-0.39, 0.29) is 18.6 Å². The predicted molar refractivity (Wildman–Crippen MR) is 62.7 cm³/mol. The van der Waals surface area contributed by atoms with E-state index < -0.39 is 0 Å². The third-order valence-corrected chi connectivity index (χ3v) is 2.59. The van der Waals surface area contributed by atoms with Crippen LogP contribution < -0.4 is 5.32 Å². The van der Waals surface area contributed by atoms with E-state index in [1.165, 1.54) is 19.3 Å². The van der Waals surface area contributed by atoms with Gasteiger partial charge in [-0.05, 0) is 12.8 Å². The lowest BCUT2D eigenvalue weighted by molar-refractivity contribution is -0.122. The maximum Gasteiger partial charge on any atom is 0.220 e. The number of hydrogen-bond donors (Lipinski definition) is 2. The van der Waals surface area contributed by atoms with Crippen molar-refractivity contribution in [2.75, 3.05) is 6.61 Å². The highest BCUT2D eigenvalue weighted by molar-refractivity contribution is 5.76. The molecule has 0 aromatic carbocycles. The molecule has 3 heteroatoms. The van der Waals surface area contributed by atoms with Gasteiger partial charge in [-0.15, -0.1) is 0 Å². The van der Waals surface area contributed by atoms with E-state index in [9.17, 15) is 4.79 Å². The van der Waals surface area contributed by atoms with Crippen LogP contribution in [0.1, 0.15) is 58.8 Å². The minimum atomic E-state index is -0.0619. The SMILES string of the molecule is CCCCCCCC(=O)N[C@@H](CC)CO. The fraction of sp³-hybridized carbons (Fsp3) is 0.917. The molecule has 1 atom stereocenters. The van der Waals surface area contributed by atoms with E-state index in [1.54, 1.807) is 0 Å². The minimum Gasteiger partial charge on any atom is -0.394 e. The van der Waals surface area contributed by atoms with Crippen molar-refractivity contribution in [1.82, 2.24) is 5.32 Å². The molecular weight excluding hydrogens is 190 g/mol. The molecule has 0 radical (unpaired) electrons. The summed E-state index contributed by atoms with van der Waals surface area (Å²) in [6, 6.07) is -0.0619. The number of carbonyl (C=O) groups is 1. The molecule has 0 saturated heterocycles. The van der Waals surface area contributed by atoms with Crippen molar-refractivity contribution < 1.29 is 9.90 Å². The zero-order valence-electron chi connectivity index (χ0n) is 10.1. The first-order valence-corrected chi connectivity index (χ1v) is 6.14. The molecular formula is C12H25NO2. The molecule has 0 aliphatic rings. The maximum atomic E-state index is 11.4. The number of aliphatic hydroxyl groups is 1. The molecule has 3 nitrogen and oxygen atoms in total. The minimum absolute atomic E-state index is 0.0398. The topological polar surface area (TPSA) is 49.3 Å². The monoisotopic (exact) mass is 215 g/mol. The average molecular weight is 215 g/mol. The van der Waals surface area contributed by atoms with Crippen LogP contribution in [0, 0.1) is 0 Å². The van der Waals surface area contributed by atoms with Gasteiger partial charge in [-0.25, -0.2) is 0 Å². The Morgan fingerprint density at radius 2 is 1.87 bits per heavy atom. The molecule has 0 aliphatic heterocycles. The van der Waals surface area contributed by atoms with Gasteiger partial charge in [-0.2, -0.15) is 0 Å². The highest BCUT2D eigenvalue weighted by Gasteiger charge is 2.07. The summed E-state index contributed by atoms with van der Waals surface area (Å²) in [4.78, 5) is 11.4. The Hall–Kier alpha value is -0.570. The first kappa shape index (κ1) is 14.4. The zero-order valence-corrected chi connectivity index (χ0v) is 10.1. The van der Waals surface area contributed by atoms with Crippen molar-refractivity contribution in [3.63, 3.8) is 0 Å². The fourth-order valence-corrected chi connectivity index (χ4v) is 1.47. The van der Waals surface area contributed by atoms with Crippen molar-refractivity contribution in [2.24, 2.45) is 0 Å². The lowest BCUT2D eigenvalue weighted by atomic mass is 10.1. The van der Waals surface area contributed by atoms with E-state index in [0.717, 1.165) is 19.3 Å². The summed E-state index contributed by atoms with van der Waals surface area (Å²) < 4.78 is 0. The molecule has 0 aliphatic carbocycles. The molecule has 2 N–H and O–H groups in total. The van der Waals surface area contributed by atoms with E-state index in [4.69, 9.17) is 5.11 Å². The molecule has 0 rings (SSSR count). The Morgan fingerprint density at radius 1 is 1.20 bits per heavy atom. The predicted octanol–water partition coefficient (Wildman–Crippen LogP) is 2.23. The quantitative estimate of drug-likeness (QED) is 0.579. The van der Waals surface area contributed by atoms with Gasteiger partial charge in [0.05, 0.1) is 12.6 Å². The molecule has 0 spiro atoms. The van der Waals surface area contributed by atoms with Crippen molar-refractivity contribution in [2.45, 2.75) is 64.8 Å². The Kier molecular flexibility index (Phi) is 9.59. The van der Waals surface area contributed by atoms with Gasteiger partial charge in [-0.3, -0.25) is 4.79 Å². The van der Waals surface area contributed by atoms with Crippen LogP contribution in [0.2, 0.25) is 0 Å². The summed E-state index contributed by atoms with van der Waals surface area (Å²) in [5.41, 5.74) is 0. The first-order chi connectivity index (χ1) is 7.24. The van der Waals surface area contributed by atoms with Gasteiger partial charge in [-0.1, -0.05) is 39.5 Å². The zero-order chi connectivity index (χ0) is 11.5. The van der Waals surface area contributed by atoms with Gasteiger partial charge in [0, 0.05) is 6.42 Å². The second-order valence-electron chi connectivity index (χ2n) is 4.02. The standard InChI is InChI=1S/C12H25NO2/c1-3-5-6-7-8-9-12(15)13-11(4-2)10-14/h11,14H,3-10H2,1-2H3,(H,13,15)/t11-/m0/s1. The first-order valence-electron chi connectivity index (χ1n) is 6.14. The highest BCUT2D eigenvalue weighted by Crippen LogP contribution is 2.05. The third kappa shape index (κ3) is 8.43. The van der Waals surface area contributed by atoms with Gasteiger partial charge < -0.3 is 10.4 Å². The van der Waals surface area contributed by atoms with E-state index in [1.807, 2.05) is 6.92 Å². The van der Waals surface area contributed by atoms with Crippen LogP contribution in [-0.4, -0.2) is 23.7 Å². The molecule has 0 saturated carbocycles. The Morgan fingerprint density at radius 3 is 2.40 bits per heavy atom. The Bertz CT molecular complexity index is 156. The number of aliphatic hydroxyl groups excluding tert-OH is 1. The summed E-state index contributed by atoms with van der Waals surface area (Å²) in [5.74, 6) is 0.0763. The lowest BCUT2D eigenvalue weighted by Crippen LogP contribution is -2.36. The lowest BCUT2D eigenvalue weighted by Gasteiger charge is -2.13. The van der Waals surface area contributed by atoms with Crippen molar-refractivity contribution in [1.29, 1.82) is 0 Å². The Balaban J connectivity index is 3.40. The molecule has 90 valence electrons. The molecule has 1 amide bonds.